The van der Waals surface area contributed by atoms with Crippen molar-refractivity contribution in [3.8, 4) is 0 Å². The highest BCUT2D eigenvalue weighted by atomic mass is 16.3. The van der Waals surface area contributed by atoms with Crippen LogP contribution in [0.3, 0.4) is 0 Å². The molecule has 5 fully saturated rings. The van der Waals surface area contributed by atoms with Crippen LogP contribution in [0, 0.1) is 70.0 Å². The molecule has 10 unspecified atom stereocenters. The van der Waals surface area contributed by atoms with Gasteiger partial charge in [0, 0.05) is 0 Å². The van der Waals surface area contributed by atoms with Gasteiger partial charge in [0.05, 0.1) is 6.10 Å². The van der Waals surface area contributed by atoms with Crippen LogP contribution in [0.5, 0.6) is 0 Å². The third-order valence-corrected chi connectivity index (χ3v) is 12.1. The summed E-state index contributed by atoms with van der Waals surface area (Å²) in [5.74, 6) is 10.1. The van der Waals surface area contributed by atoms with Crippen molar-refractivity contribution < 1.29 is 5.11 Å². The summed E-state index contributed by atoms with van der Waals surface area (Å²) in [6, 6.07) is 0. The molecule has 0 aromatic rings. The minimum Gasteiger partial charge on any atom is -0.393 e. The summed E-state index contributed by atoms with van der Waals surface area (Å²) < 4.78 is 0. The first-order chi connectivity index (χ1) is 13.8. The van der Waals surface area contributed by atoms with Crippen molar-refractivity contribution in [2.45, 2.75) is 92.1 Å². The normalized spacial score (nSPS) is 58.6. The van der Waals surface area contributed by atoms with Crippen molar-refractivity contribution in [1.82, 2.24) is 0 Å². The number of aliphatic hydroxyl groups excluding tert-OH is 1. The highest BCUT2D eigenvalue weighted by Gasteiger charge is 2.75. The third kappa shape index (κ3) is 2.49. The molecule has 0 amide bonds. The van der Waals surface area contributed by atoms with Gasteiger partial charge in [-0.25, -0.2) is 0 Å². The summed E-state index contributed by atoms with van der Waals surface area (Å²) in [5.41, 5.74) is 2.64. The molecule has 6 aliphatic rings. The molecule has 6 rings (SSSR count). The van der Waals surface area contributed by atoms with Crippen LogP contribution in [0.1, 0.15) is 86.0 Å². The molecule has 10 atom stereocenters. The number of rotatable bonds is 3. The van der Waals surface area contributed by atoms with Crippen molar-refractivity contribution in [2.24, 2.45) is 70.0 Å². The topological polar surface area (TPSA) is 20.2 Å². The molecule has 6 aliphatic carbocycles. The Balaban J connectivity index is 1.21. The van der Waals surface area contributed by atoms with Crippen LogP contribution in [-0.4, -0.2) is 11.2 Å². The molecule has 1 N–H and O–H groups in total. The lowest BCUT2D eigenvalue weighted by Crippen LogP contribution is -2.51. The minimum absolute atomic E-state index is 0.0731. The zero-order chi connectivity index (χ0) is 20.3. The lowest BCUT2D eigenvalue weighted by molar-refractivity contribution is -0.0599. The fourth-order valence-electron chi connectivity index (χ4n) is 10.5. The molecule has 0 aromatic heterocycles. The van der Waals surface area contributed by atoms with E-state index in [0.717, 1.165) is 72.0 Å². The molecular weight excluding hydrogens is 352 g/mol. The molecule has 0 saturated heterocycles. The minimum atomic E-state index is -0.0731. The van der Waals surface area contributed by atoms with E-state index in [1.54, 1.807) is 5.57 Å². The van der Waals surface area contributed by atoms with Crippen LogP contribution >= 0.6 is 0 Å². The molecule has 162 valence electrons. The molecule has 0 radical (unpaired) electrons. The second-order valence-corrected chi connectivity index (χ2v) is 13.3. The Morgan fingerprint density at radius 3 is 2.41 bits per heavy atom. The van der Waals surface area contributed by atoms with E-state index in [1.165, 1.54) is 38.5 Å². The fraction of sp³-hybridized carbons (Fsp3) is 0.929. The maximum Gasteiger partial charge on any atom is 0.0577 e. The number of aliphatic hydroxyl groups is 1. The maximum atomic E-state index is 10.2. The summed E-state index contributed by atoms with van der Waals surface area (Å²) >= 11 is 0. The van der Waals surface area contributed by atoms with Crippen LogP contribution in [0.15, 0.2) is 11.6 Å². The van der Waals surface area contributed by atoms with E-state index < -0.39 is 0 Å². The van der Waals surface area contributed by atoms with Crippen molar-refractivity contribution >= 4 is 0 Å². The van der Waals surface area contributed by atoms with E-state index in [2.05, 4.69) is 40.7 Å². The number of hydrogen-bond donors (Lipinski definition) is 1. The summed E-state index contributed by atoms with van der Waals surface area (Å²) in [4.78, 5) is 0. The average Bonchev–Trinajstić information content (AvgIpc) is 3.53. The van der Waals surface area contributed by atoms with Crippen LogP contribution in [-0.2, 0) is 0 Å². The second-order valence-electron chi connectivity index (χ2n) is 13.3. The molecule has 0 spiro atoms. The Kier molecular flexibility index (Phi) is 4.11. The summed E-state index contributed by atoms with van der Waals surface area (Å²) in [6.45, 7) is 12.8. The molecule has 0 aromatic carbocycles. The van der Waals surface area contributed by atoms with E-state index in [0.29, 0.717) is 10.8 Å². The molecule has 5 saturated carbocycles. The molecule has 29 heavy (non-hydrogen) atoms. The molecule has 0 heterocycles. The fourth-order valence-corrected chi connectivity index (χ4v) is 10.5. The zero-order valence-electron chi connectivity index (χ0n) is 19.5. The molecular formula is C28H44O. The number of fused-ring (bicyclic) bond motifs is 6. The van der Waals surface area contributed by atoms with Gasteiger partial charge in [-0.05, 0) is 121 Å². The van der Waals surface area contributed by atoms with Crippen molar-refractivity contribution in [3.05, 3.63) is 11.6 Å². The van der Waals surface area contributed by atoms with E-state index >= 15 is 0 Å². The Morgan fingerprint density at radius 2 is 1.69 bits per heavy atom. The van der Waals surface area contributed by atoms with Crippen molar-refractivity contribution in [1.29, 1.82) is 0 Å². The standard InChI is InChI=1S/C28H44O/c1-15(2)23-25-24(26(23)25)16(3)20-8-9-21-19-7-6-17-14-18(29)10-12-27(17,4)22(19)11-13-28(20,21)5/h6,15-16,18-26,29H,7-14H2,1-5H3. The van der Waals surface area contributed by atoms with Gasteiger partial charge in [0.25, 0.3) is 0 Å². The van der Waals surface area contributed by atoms with Gasteiger partial charge in [-0.15, -0.1) is 0 Å². The number of hydrogen-bond acceptors (Lipinski definition) is 1. The van der Waals surface area contributed by atoms with Crippen LogP contribution in [0.2, 0.25) is 0 Å². The van der Waals surface area contributed by atoms with Gasteiger partial charge in [-0.3, -0.25) is 0 Å². The van der Waals surface area contributed by atoms with Crippen LogP contribution in [0.4, 0.5) is 0 Å². The lowest BCUT2D eigenvalue weighted by Gasteiger charge is -2.58. The quantitative estimate of drug-likeness (QED) is 0.526. The predicted octanol–water partition coefficient (Wildman–Crippen LogP) is 6.71. The molecule has 0 bridgehead atoms. The van der Waals surface area contributed by atoms with E-state index in [-0.39, 0.29) is 6.10 Å². The largest absolute Gasteiger partial charge is 0.393 e. The first-order valence-corrected chi connectivity index (χ1v) is 13.1. The van der Waals surface area contributed by atoms with Gasteiger partial charge in [0.15, 0.2) is 0 Å². The van der Waals surface area contributed by atoms with Gasteiger partial charge in [-0.1, -0.05) is 46.3 Å². The maximum absolute atomic E-state index is 10.2. The van der Waals surface area contributed by atoms with Gasteiger partial charge in [0.1, 0.15) is 0 Å². The molecule has 1 nitrogen and oxygen atoms in total. The average molecular weight is 397 g/mol. The van der Waals surface area contributed by atoms with Crippen LogP contribution < -0.4 is 0 Å². The Bertz CT molecular complexity index is 712. The summed E-state index contributed by atoms with van der Waals surface area (Å²) in [7, 11) is 0. The van der Waals surface area contributed by atoms with E-state index in [4.69, 9.17) is 0 Å². The molecule has 1 heteroatoms. The summed E-state index contributed by atoms with van der Waals surface area (Å²) in [5, 5.41) is 10.2. The SMILES string of the molecule is CC(C)C1C2C(C(C)C3CCC4C5CC=C6CC(O)CCC6(C)C5CCC34C)C12. The van der Waals surface area contributed by atoms with Crippen molar-refractivity contribution in [2.75, 3.05) is 0 Å². The predicted molar refractivity (Wildman–Crippen MR) is 119 cm³/mol. The third-order valence-electron chi connectivity index (χ3n) is 12.1. The highest BCUT2D eigenvalue weighted by molar-refractivity contribution is 5.26. The van der Waals surface area contributed by atoms with Crippen LogP contribution in [0.25, 0.3) is 0 Å². The summed E-state index contributed by atoms with van der Waals surface area (Å²) in [6.07, 6.45) is 13.0. The monoisotopic (exact) mass is 396 g/mol. The van der Waals surface area contributed by atoms with E-state index in [1.807, 2.05) is 0 Å². The van der Waals surface area contributed by atoms with Gasteiger partial charge < -0.3 is 5.11 Å². The first kappa shape index (κ1) is 19.4. The first-order valence-electron chi connectivity index (χ1n) is 13.1. The van der Waals surface area contributed by atoms with Crippen molar-refractivity contribution in [3.63, 3.8) is 0 Å². The lowest BCUT2D eigenvalue weighted by atomic mass is 9.47. The van der Waals surface area contributed by atoms with Gasteiger partial charge in [0.2, 0.25) is 0 Å². The molecule has 0 aliphatic heterocycles. The highest BCUT2D eigenvalue weighted by Crippen LogP contribution is 2.80. The number of allylic oxidation sites excluding steroid dienone is 1. The zero-order valence-corrected chi connectivity index (χ0v) is 19.5. The Hall–Kier alpha value is -0.300. The van der Waals surface area contributed by atoms with Gasteiger partial charge >= 0.3 is 0 Å². The Morgan fingerprint density at radius 1 is 0.931 bits per heavy atom. The smallest absolute Gasteiger partial charge is 0.0577 e. The second kappa shape index (κ2) is 6.14. The Labute approximate surface area is 179 Å². The van der Waals surface area contributed by atoms with E-state index in [9.17, 15) is 5.11 Å². The van der Waals surface area contributed by atoms with Gasteiger partial charge in [-0.2, -0.15) is 0 Å².